The average molecular weight is 1010 g/mol. The SMILES string of the molecule is CCCCc1ccc(N(c2ccccc2)c2ccc(-c3ccc(N(c4ccc(CCCC)cc4)c4ccc(CO[Si](c5ccccc5)c5ccc(OC6(F)C(O)(F)C(F)(F)C6(F)F)cc5)cc4)cc3)cc2)cc1. The zero-order valence-corrected chi connectivity index (χ0v) is 41.5. The molecule has 5 nitrogen and oxygen atoms in total. The minimum atomic E-state index is -5.68. The average Bonchev–Trinajstić information content (AvgIpc) is 3.42. The summed E-state index contributed by atoms with van der Waals surface area (Å²) in [5.74, 6) is -22.2. The number of anilines is 6. The second kappa shape index (κ2) is 21.5. The Balaban J connectivity index is 0.941. The number of rotatable bonds is 20. The molecule has 373 valence electrons. The van der Waals surface area contributed by atoms with Gasteiger partial charge in [0.05, 0.1) is 6.61 Å². The van der Waals surface area contributed by atoms with E-state index in [1.165, 1.54) is 29.7 Å². The van der Waals surface area contributed by atoms with Gasteiger partial charge in [-0.15, -0.1) is 0 Å². The second-order valence-corrected chi connectivity index (χ2v) is 20.4. The van der Waals surface area contributed by atoms with Gasteiger partial charge in [-0.3, -0.25) is 0 Å². The standard InChI is InChI=1S/C61H55F6N2O3Si/c1-3-5-13-44-19-29-50(30-20-44)68(49-15-9-7-10-16-49)53-35-25-47(26-36-53)48-27-37-54(38-28-48)69(51-31-21-45(22-32-51)14-6-4-2)52-33-23-46(24-34-52)43-71-73(56-17-11-8-12-18-56)57-41-39-55(40-42-57)72-61(67)59(64,65)58(62,63)60(61,66)70/h7-12,15-42,70H,3-6,13-14,43H2,1-2H3. The molecule has 1 fully saturated rings. The van der Waals surface area contributed by atoms with Crippen LogP contribution in [0.25, 0.3) is 11.1 Å². The normalized spacial score (nSPS) is 17.7. The van der Waals surface area contributed by atoms with Crippen LogP contribution in [0.5, 0.6) is 5.75 Å². The van der Waals surface area contributed by atoms with Crippen LogP contribution in [-0.4, -0.2) is 37.7 Å². The van der Waals surface area contributed by atoms with Crippen molar-refractivity contribution in [2.45, 2.75) is 82.5 Å². The Kier molecular flexibility index (Phi) is 15.0. The monoisotopic (exact) mass is 1010 g/mol. The van der Waals surface area contributed by atoms with Crippen molar-refractivity contribution in [3.8, 4) is 16.9 Å². The molecule has 2 atom stereocenters. The first-order valence-electron chi connectivity index (χ1n) is 24.6. The lowest BCUT2D eigenvalue weighted by Crippen LogP contribution is -2.88. The van der Waals surface area contributed by atoms with Gasteiger partial charge in [0.1, 0.15) is 5.75 Å². The van der Waals surface area contributed by atoms with Gasteiger partial charge in [0.15, 0.2) is 0 Å². The van der Waals surface area contributed by atoms with Crippen molar-refractivity contribution in [3.05, 3.63) is 223 Å². The number of hydrogen-bond acceptors (Lipinski definition) is 5. The first kappa shape index (κ1) is 50.8. The van der Waals surface area contributed by atoms with E-state index in [2.05, 4.69) is 150 Å². The van der Waals surface area contributed by atoms with Crippen molar-refractivity contribution in [1.82, 2.24) is 0 Å². The van der Waals surface area contributed by atoms with Crippen molar-refractivity contribution >= 4 is 53.5 Å². The summed E-state index contributed by atoms with van der Waals surface area (Å²) < 4.78 is 95.5. The van der Waals surface area contributed by atoms with Gasteiger partial charge in [-0.25, -0.2) is 0 Å². The molecule has 0 aliphatic heterocycles. The van der Waals surface area contributed by atoms with Crippen LogP contribution in [0.4, 0.5) is 60.5 Å². The molecule has 12 heteroatoms. The first-order chi connectivity index (χ1) is 35.2. The van der Waals surface area contributed by atoms with Gasteiger partial charge >= 0.3 is 23.6 Å². The summed E-state index contributed by atoms with van der Waals surface area (Å²) in [4.78, 5) is 4.49. The van der Waals surface area contributed by atoms with Crippen molar-refractivity contribution in [3.63, 3.8) is 0 Å². The number of nitrogens with zero attached hydrogens (tertiary/aromatic N) is 2. The maximum atomic E-state index is 14.9. The maximum absolute atomic E-state index is 14.9. The number of aliphatic hydroxyl groups is 1. The molecule has 1 aliphatic rings. The highest BCUT2D eigenvalue weighted by Gasteiger charge is 3.01. The second-order valence-electron chi connectivity index (χ2n) is 18.3. The van der Waals surface area contributed by atoms with Crippen LogP contribution in [-0.2, 0) is 23.9 Å². The molecule has 1 aliphatic carbocycles. The van der Waals surface area contributed by atoms with E-state index < -0.39 is 38.3 Å². The molecule has 2 unspecified atom stereocenters. The number of para-hydroxylation sites is 1. The zero-order valence-electron chi connectivity index (χ0n) is 40.5. The number of halogens is 6. The number of ether oxygens (including phenoxy) is 1. The quantitative estimate of drug-likeness (QED) is 0.0609. The molecule has 1 radical (unpaired) electrons. The van der Waals surface area contributed by atoms with Crippen LogP contribution in [0, 0.1) is 0 Å². The van der Waals surface area contributed by atoms with Crippen molar-refractivity contribution in [1.29, 1.82) is 0 Å². The maximum Gasteiger partial charge on any atom is 0.390 e. The van der Waals surface area contributed by atoms with E-state index in [0.29, 0.717) is 5.19 Å². The van der Waals surface area contributed by atoms with E-state index in [-0.39, 0.29) is 6.61 Å². The Morgan fingerprint density at radius 1 is 0.425 bits per heavy atom. The summed E-state index contributed by atoms with van der Waals surface area (Å²) >= 11 is 0. The number of hydrogen-bond donors (Lipinski definition) is 1. The third kappa shape index (κ3) is 10.2. The van der Waals surface area contributed by atoms with Gasteiger partial charge in [-0.2, -0.15) is 26.3 Å². The van der Waals surface area contributed by atoms with Gasteiger partial charge in [0.2, 0.25) is 0 Å². The summed E-state index contributed by atoms with van der Waals surface area (Å²) in [6, 6.07) is 67.4. The Morgan fingerprint density at radius 2 is 0.795 bits per heavy atom. The molecule has 0 amide bonds. The van der Waals surface area contributed by atoms with E-state index in [1.54, 1.807) is 0 Å². The Hall–Kier alpha value is -7.12. The highest BCUT2D eigenvalue weighted by Crippen LogP contribution is 2.67. The summed E-state index contributed by atoms with van der Waals surface area (Å²) in [5, 5.41) is 10.8. The molecule has 73 heavy (non-hydrogen) atoms. The highest BCUT2D eigenvalue weighted by molar-refractivity contribution is 6.80. The lowest BCUT2D eigenvalue weighted by Gasteiger charge is -2.53. The van der Waals surface area contributed by atoms with Crippen LogP contribution in [0.15, 0.2) is 206 Å². The molecule has 0 spiro atoms. The molecule has 9 rings (SSSR count). The van der Waals surface area contributed by atoms with Crippen molar-refractivity contribution in [2.75, 3.05) is 9.80 Å². The van der Waals surface area contributed by atoms with Crippen LogP contribution in [0.1, 0.15) is 56.2 Å². The molecule has 0 heterocycles. The van der Waals surface area contributed by atoms with E-state index >= 15 is 0 Å². The predicted octanol–water partition coefficient (Wildman–Crippen LogP) is 15.3. The third-order valence-corrected chi connectivity index (χ3v) is 15.4. The van der Waals surface area contributed by atoms with Gasteiger partial charge < -0.3 is 24.1 Å². The van der Waals surface area contributed by atoms with Crippen LogP contribution >= 0.6 is 0 Å². The molecule has 0 bridgehead atoms. The Labute approximate surface area is 424 Å². The lowest BCUT2D eigenvalue weighted by molar-refractivity contribution is -0.535. The molecule has 8 aromatic carbocycles. The fourth-order valence-corrected chi connectivity index (χ4v) is 11.0. The third-order valence-electron chi connectivity index (χ3n) is 13.3. The van der Waals surface area contributed by atoms with Crippen molar-refractivity contribution < 1.29 is 40.6 Å². The molecule has 1 saturated carbocycles. The minimum absolute atomic E-state index is 0.180. The molecule has 8 aromatic rings. The number of unbranched alkanes of at least 4 members (excludes halogenated alkanes) is 2. The molecular formula is C61H55F6N2O3Si. The zero-order chi connectivity index (χ0) is 51.2. The predicted molar refractivity (Wildman–Crippen MR) is 282 cm³/mol. The topological polar surface area (TPSA) is 45.2 Å². The summed E-state index contributed by atoms with van der Waals surface area (Å²) in [6.07, 6.45) is 6.61. The van der Waals surface area contributed by atoms with Gasteiger partial charge in [-0.1, -0.05) is 148 Å². The van der Waals surface area contributed by atoms with Crippen LogP contribution < -0.4 is 24.9 Å². The van der Waals surface area contributed by atoms with Gasteiger partial charge in [0, 0.05) is 34.1 Å². The molecular weight excluding hydrogens is 951 g/mol. The molecule has 0 aromatic heterocycles. The largest absolute Gasteiger partial charge is 0.448 e. The first-order valence-corrected chi connectivity index (χ1v) is 26.0. The van der Waals surface area contributed by atoms with Gasteiger partial charge in [0.25, 0.3) is 9.04 Å². The number of benzene rings is 8. The number of alkyl halides is 6. The van der Waals surface area contributed by atoms with Crippen molar-refractivity contribution in [2.24, 2.45) is 0 Å². The minimum Gasteiger partial charge on any atom is -0.448 e. The Morgan fingerprint density at radius 3 is 1.21 bits per heavy atom. The lowest BCUT2D eigenvalue weighted by atomic mass is 9.76. The molecule has 0 saturated heterocycles. The van der Waals surface area contributed by atoms with Gasteiger partial charge in [-0.05, 0) is 149 Å². The van der Waals surface area contributed by atoms with E-state index in [4.69, 9.17) is 4.43 Å². The van der Waals surface area contributed by atoms with Crippen LogP contribution in [0.3, 0.4) is 0 Å². The van der Waals surface area contributed by atoms with E-state index in [0.717, 1.165) is 100 Å². The highest BCUT2D eigenvalue weighted by atomic mass is 28.3. The number of aryl methyl sites for hydroxylation is 2. The Bertz CT molecular complexity index is 3020. The summed E-state index contributed by atoms with van der Waals surface area (Å²) in [5.41, 5.74) is 11.8. The summed E-state index contributed by atoms with van der Waals surface area (Å²) in [6.45, 7) is 4.58. The van der Waals surface area contributed by atoms with Crippen LogP contribution in [0.2, 0.25) is 0 Å². The smallest absolute Gasteiger partial charge is 0.390 e. The van der Waals surface area contributed by atoms with E-state index in [1.807, 2.05) is 60.7 Å². The van der Waals surface area contributed by atoms with E-state index in [9.17, 15) is 31.4 Å². The molecule has 1 N–H and O–H groups in total. The fourth-order valence-electron chi connectivity index (χ4n) is 9.01. The summed E-state index contributed by atoms with van der Waals surface area (Å²) in [7, 11) is -2.05. The fraction of sp³-hybridized carbons (Fsp3) is 0.213.